The monoisotopic (exact) mass is 398 g/mol. The molecular weight excluding hydrogens is 368 g/mol. The third-order valence-electron chi connectivity index (χ3n) is 4.61. The minimum absolute atomic E-state index is 0.00718. The van der Waals surface area contributed by atoms with E-state index in [-0.39, 0.29) is 18.4 Å². The average molecular weight is 399 g/mol. The number of carbonyl (C=O) groups excluding carboxylic acids is 2. The number of amides is 2. The standard InChI is InChI=1S/C23H30N2O4/c1-28-20-12-13-21(29-2)19(16-20)14-15-24-23(27)17-25-22(26)11-7-6-10-18-8-4-3-5-9-18/h3-5,8-9,12-13,16H,6-7,10-11,14-15,17H2,1-2H3,(H,24,27)(H,25,26). The highest BCUT2D eigenvalue weighted by molar-refractivity contribution is 5.84. The van der Waals surface area contributed by atoms with E-state index in [9.17, 15) is 9.59 Å². The molecule has 2 aromatic carbocycles. The molecule has 2 aromatic rings. The maximum atomic E-state index is 11.9. The van der Waals surface area contributed by atoms with E-state index in [0.717, 1.165) is 36.3 Å². The summed E-state index contributed by atoms with van der Waals surface area (Å²) < 4.78 is 10.6. The van der Waals surface area contributed by atoms with Crippen LogP contribution >= 0.6 is 0 Å². The Balaban J connectivity index is 1.60. The van der Waals surface area contributed by atoms with Gasteiger partial charge >= 0.3 is 0 Å². The smallest absolute Gasteiger partial charge is 0.239 e. The molecule has 29 heavy (non-hydrogen) atoms. The topological polar surface area (TPSA) is 76.7 Å². The van der Waals surface area contributed by atoms with E-state index >= 15 is 0 Å². The van der Waals surface area contributed by atoms with Gasteiger partial charge in [-0.1, -0.05) is 30.3 Å². The Morgan fingerprint density at radius 2 is 1.66 bits per heavy atom. The first-order chi connectivity index (χ1) is 14.1. The quantitative estimate of drug-likeness (QED) is 0.539. The van der Waals surface area contributed by atoms with E-state index in [2.05, 4.69) is 22.8 Å². The van der Waals surface area contributed by atoms with Gasteiger partial charge in [0.25, 0.3) is 0 Å². The fourth-order valence-corrected chi connectivity index (χ4v) is 3.00. The minimum atomic E-state index is -0.204. The van der Waals surface area contributed by atoms with Crippen LogP contribution in [-0.2, 0) is 22.4 Å². The Morgan fingerprint density at radius 1 is 0.862 bits per heavy atom. The molecule has 0 fully saturated rings. The van der Waals surface area contributed by atoms with Crippen LogP contribution in [-0.4, -0.2) is 39.1 Å². The van der Waals surface area contributed by atoms with Gasteiger partial charge in [0.05, 0.1) is 20.8 Å². The third kappa shape index (κ3) is 8.25. The molecule has 0 spiro atoms. The Hall–Kier alpha value is -3.02. The number of benzene rings is 2. The van der Waals surface area contributed by atoms with Crippen molar-refractivity contribution < 1.29 is 19.1 Å². The summed E-state index contributed by atoms with van der Waals surface area (Å²) >= 11 is 0. The second-order valence-electron chi connectivity index (χ2n) is 6.75. The molecule has 2 amide bonds. The summed E-state index contributed by atoms with van der Waals surface area (Å²) in [5.41, 5.74) is 2.23. The van der Waals surface area contributed by atoms with E-state index in [1.54, 1.807) is 14.2 Å². The van der Waals surface area contributed by atoms with Gasteiger partial charge in [-0.15, -0.1) is 0 Å². The van der Waals surface area contributed by atoms with Crippen LogP contribution in [0.5, 0.6) is 11.5 Å². The van der Waals surface area contributed by atoms with Crippen molar-refractivity contribution >= 4 is 11.8 Å². The summed E-state index contributed by atoms with van der Waals surface area (Å²) in [5.74, 6) is 1.20. The molecule has 0 aliphatic heterocycles. The summed E-state index contributed by atoms with van der Waals surface area (Å²) in [7, 11) is 3.22. The predicted octanol–water partition coefficient (Wildman–Crippen LogP) is 2.89. The molecule has 0 aromatic heterocycles. The third-order valence-corrected chi connectivity index (χ3v) is 4.61. The summed E-state index contributed by atoms with van der Waals surface area (Å²) in [6.07, 6.45) is 3.76. The fraction of sp³-hybridized carbons (Fsp3) is 0.391. The molecule has 156 valence electrons. The Morgan fingerprint density at radius 3 is 2.38 bits per heavy atom. The highest BCUT2D eigenvalue weighted by Crippen LogP contribution is 2.24. The van der Waals surface area contributed by atoms with Gasteiger partial charge in [0.2, 0.25) is 11.8 Å². The van der Waals surface area contributed by atoms with Crippen molar-refractivity contribution in [1.82, 2.24) is 10.6 Å². The van der Waals surface area contributed by atoms with E-state index in [0.29, 0.717) is 19.4 Å². The van der Waals surface area contributed by atoms with Gasteiger partial charge in [-0.05, 0) is 55.0 Å². The number of nitrogens with one attached hydrogen (secondary N) is 2. The molecule has 2 N–H and O–H groups in total. The van der Waals surface area contributed by atoms with Crippen molar-refractivity contribution in [3.8, 4) is 11.5 Å². The lowest BCUT2D eigenvalue weighted by Crippen LogP contribution is -2.37. The van der Waals surface area contributed by atoms with E-state index in [1.807, 2.05) is 36.4 Å². The first-order valence-corrected chi connectivity index (χ1v) is 9.90. The number of hydrogen-bond acceptors (Lipinski definition) is 4. The zero-order valence-electron chi connectivity index (χ0n) is 17.2. The first-order valence-electron chi connectivity index (χ1n) is 9.90. The zero-order valence-corrected chi connectivity index (χ0v) is 17.2. The van der Waals surface area contributed by atoms with Gasteiger partial charge in [0, 0.05) is 13.0 Å². The van der Waals surface area contributed by atoms with Crippen LogP contribution in [0.1, 0.15) is 30.4 Å². The fourth-order valence-electron chi connectivity index (χ4n) is 3.00. The predicted molar refractivity (Wildman–Crippen MR) is 113 cm³/mol. The lowest BCUT2D eigenvalue weighted by atomic mass is 10.1. The van der Waals surface area contributed by atoms with Crippen LogP contribution in [0, 0.1) is 0 Å². The van der Waals surface area contributed by atoms with Gasteiger partial charge in [-0.2, -0.15) is 0 Å². The number of rotatable bonds is 12. The Labute approximate surface area is 172 Å². The summed E-state index contributed by atoms with van der Waals surface area (Å²) in [4.78, 5) is 23.8. The van der Waals surface area contributed by atoms with Crippen LogP contribution < -0.4 is 20.1 Å². The van der Waals surface area contributed by atoms with Gasteiger partial charge < -0.3 is 20.1 Å². The molecular formula is C23H30N2O4. The molecule has 0 atom stereocenters. The second-order valence-corrected chi connectivity index (χ2v) is 6.75. The van der Waals surface area contributed by atoms with Crippen molar-refractivity contribution in [2.45, 2.75) is 32.1 Å². The SMILES string of the molecule is COc1ccc(OC)c(CCNC(=O)CNC(=O)CCCCc2ccccc2)c1. The average Bonchev–Trinajstić information content (AvgIpc) is 2.76. The minimum Gasteiger partial charge on any atom is -0.497 e. The number of carbonyl (C=O) groups is 2. The molecule has 0 saturated heterocycles. The number of methoxy groups -OCH3 is 2. The molecule has 0 unspecified atom stereocenters. The molecule has 0 saturated carbocycles. The normalized spacial score (nSPS) is 10.3. The van der Waals surface area contributed by atoms with Crippen LogP contribution in [0.3, 0.4) is 0 Å². The van der Waals surface area contributed by atoms with Gasteiger partial charge in [0.15, 0.2) is 0 Å². The van der Waals surface area contributed by atoms with Gasteiger partial charge in [-0.3, -0.25) is 9.59 Å². The molecule has 0 aliphatic carbocycles. The van der Waals surface area contributed by atoms with Crippen molar-refractivity contribution in [2.75, 3.05) is 27.3 Å². The van der Waals surface area contributed by atoms with Crippen LogP contribution in [0.25, 0.3) is 0 Å². The lowest BCUT2D eigenvalue weighted by molar-refractivity contribution is -0.126. The maximum Gasteiger partial charge on any atom is 0.239 e. The Bertz CT molecular complexity index is 778. The van der Waals surface area contributed by atoms with E-state index in [4.69, 9.17) is 9.47 Å². The molecule has 6 heteroatoms. The maximum absolute atomic E-state index is 11.9. The zero-order chi connectivity index (χ0) is 20.9. The first kappa shape index (κ1) is 22.3. The van der Waals surface area contributed by atoms with Crippen LogP contribution in [0.4, 0.5) is 0 Å². The summed E-state index contributed by atoms with van der Waals surface area (Å²) in [5, 5.41) is 5.49. The number of unbranched alkanes of at least 4 members (excludes halogenated alkanes) is 1. The Kier molecular flexibility index (Phi) is 9.55. The molecule has 6 nitrogen and oxygen atoms in total. The van der Waals surface area contributed by atoms with Crippen molar-refractivity contribution in [2.24, 2.45) is 0 Å². The van der Waals surface area contributed by atoms with Crippen molar-refractivity contribution in [3.63, 3.8) is 0 Å². The molecule has 0 heterocycles. The molecule has 0 radical (unpaired) electrons. The van der Waals surface area contributed by atoms with E-state index < -0.39 is 0 Å². The van der Waals surface area contributed by atoms with Crippen LogP contribution in [0.2, 0.25) is 0 Å². The number of hydrogen-bond donors (Lipinski definition) is 2. The molecule has 0 bridgehead atoms. The molecule has 0 aliphatic rings. The van der Waals surface area contributed by atoms with E-state index in [1.165, 1.54) is 5.56 Å². The lowest BCUT2D eigenvalue weighted by Gasteiger charge is -2.11. The highest BCUT2D eigenvalue weighted by atomic mass is 16.5. The second kappa shape index (κ2) is 12.4. The van der Waals surface area contributed by atoms with Crippen molar-refractivity contribution in [3.05, 3.63) is 59.7 Å². The van der Waals surface area contributed by atoms with Gasteiger partial charge in [0.1, 0.15) is 11.5 Å². The largest absolute Gasteiger partial charge is 0.497 e. The molecule has 2 rings (SSSR count). The van der Waals surface area contributed by atoms with Crippen molar-refractivity contribution in [1.29, 1.82) is 0 Å². The number of aryl methyl sites for hydroxylation is 1. The van der Waals surface area contributed by atoms with Crippen LogP contribution in [0.15, 0.2) is 48.5 Å². The van der Waals surface area contributed by atoms with Gasteiger partial charge in [-0.25, -0.2) is 0 Å². The number of ether oxygens (including phenoxy) is 2. The summed E-state index contributed by atoms with van der Waals surface area (Å²) in [6, 6.07) is 15.8. The summed E-state index contributed by atoms with van der Waals surface area (Å²) in [6.45, 7) is 0.446. The highest BCUT2D eigenvalue weighted by Gasteiger charge is 2.08.